The topological polar surface area (TPSA) is 0 Å². The zero-order chi connectivity index (χ0) is 8.32. The van der Waals surface area contributed by atoms with Crippen LogP contribution in [0.2, 0.25) is 0 Å². The van der Waals surface area contributed by atoms with Crippen molar-refractivity contribution in [3.8, 4) is 0 Å². The maximum absolute atomic E-state index is 2.20. The molecule has 0 unspecified atom stereocenters. The highest BCUT2D eigenvalue weighted by Gasteiger charge is 2.06. The lowest BCUT2D eigenvalue weighted by Gasteiger charge is -2.23. The van der Waals surface area contributed by atoms with Crippen LogP contribution in [0, 0.1) is 0 Å². The first kappa shape index (κ1) is 19.6. The third-order valence-electron chi connectivity index (χ3n) is 1.50. The first-order valence-electron chi connectivity index (χ1n) is 3.92. The van der Waals surface area contributed by atoms with Crippen LogP contribution in [0.5, 0.6) is 0 Å². The lowest BCUT2D eigenvalue weighted by molar-refractivity contribution is -0.884. The minimum atomic E-state index is 0. The van der Waals surface area contributed by atoms with Crippen LogP contribution in [-0.4, -0.2) is 25.6 Å². The summed E-state index contributed by atoms with van der Waals surface area (Å²) in [5.41, 5.74) is 1.40. The second kappa shape index (κ2) is 8.37. The van der Waals surface area contributed by atoms with Crippen molar-refractivity contribution >= 4 is 24.8 Å². The van der Waals surface area contributed by atoms with Crippen LogP contribution in [0.4, 0.5) is 0 Å². The summed E-state index contributed by atoms with van der Waals surface area (Å²) in [5, 5.41) is 0. The molecule has 84 valence electrons. The molecule has 14 heavy (non-hydrogen) atoms. The van der Waals surface area contributed by atoms with Crippen LogP contribution >= 0.6 is 24.8 Å². The van der Waals surface area contributed by atoms with Gasteiger partial charge < -0.3 is 16.9 Å². The number of halogens is 3. The summed E-state index contributed by atoms with van der Waals surface area (Å²) >= 11 is 0. The number of hydrogen-bond acceptors (Lipinski definition) is 0. The van der Waals surface area contributed by atoms with E-state index in [-0.39, 0.29) is 37.2 Å². The largest absolute Gasteiger partial charge is 1.00 e. The molecule has 0 atom stereocenters. The third-order valence-corrected chi connectivity index (χ3v) is 1.50. The van der Waals surface area contributed by atoms with E-state index in [1.165, 1.54) is 5.56 Å². The van der Waals surface area contributed by atoms with Crippen LogP contribution < -0.4 is 12.4 Å². The minimum absolute atomic E-state index is 0. The minimum Gasteiger partial charge on any atom is -1.00 e. The quantitative estimate of drug-likeness (QED) is 0.642. The second-order valence-corrected chi connectivity index (χ2v) is 3.93. The molecule has 0 amide bonds. The normalized spacial score (nSPS) is 9.07. The van der Waals surface area contributed by atoms with Gasteiger partial charge in [0.05, 0.1) is 21.1 Å². The molecular weight excluding hydrogens is 240 g/mol. The van der Waals surface area contributed by atoms with E-state index < -0.39 is 0 Å². The molecular formula is C10H18Cl3N. The summed E-state index contributed by atoms with van der Waals surface area (Å²) in [5.74, 6) is 0. The predicted octanol–water partition coefficient (Wildman–Crippen LogP) is -0.260. The highest BCUT2D eigenvalue weighted by atomic mass is 35.5. The molecule has 1 aromatic carbocycles. The lowest BCUT2D eigenvalue weighted by atomic mass is 10.2. The molecule has 0 bridgehead atoms. The fourth-order valence-electron chi connectivity index (χ4n) is 1.13. The van der Waals surface area contributed by atoms with Gasteiger partial charge in [-0.25, -0.2) is 0 Å². The molecule has 0 aliphatic rings. The standard InChI is InChI=1S/C10H16N.3ClH/c1-11(2,3)9-10-7-5-4-6-8-10;;;/h4-8H,9H2,1-3H3;3*1H/q+1;;;/p-1. The Labute approximate surface area is 105 Å². The molecule has 0 saturated heterocycles. The molecule has 1 rings (SSSR count). The van der Waals surface area contributed by atoms with Gasteiger partial charge in [0.2, 0.25) is 0 Å². The van der Waals surface area contributed by atoms with Gasteiger partial charge in [-0.3, -0.25) is 0 Å². The Kier molecular flexibility index (Phi) is 11.7. The maximum atomic E-state index is 2.20. The van der Waals surface area contributed by atoms with Crippen LogP contribution in [-0.2, 0) is 6.54 Å². The molecule has 0 aromatic heterocycles. The molecule has 0 aliphatic carbocycles. The van der Waals surface area contributed by atoms with Crippen molar-refractivity contribution < 1.29 is 16.9 Å². The van der Waals surface area contributed by atoms with Gasteiger partial charge in [0.15, 0.2) is 0 Å². The number of nitrogens with zero attached hydrogens (tertiary/aromatic N) is 1. The van der Waals surface area contributed by atoms with E-state index in [1.54, 1.807) is 0 Å². The Hall–Kier alpha value is 0.0500. The Balaban J connectivity index is -0.000000403. The average molecular weight is 259 g/mol. The van der Waals surface area contributed by atoms with Gasteiger partial charge in [-0.2, -0.15) is 0 Å². The second-order valence-electron chi connectivity index (χ2n) is 3.93. The first-order chi connectivity index (χ1) is 5.08. The predicted molar refractivity (Wildman–Crippen MR) is 62.7 cm³/mol. The van der Waals surface area contributed by atoms with E-state index in [9.17, 15) is 0 Å². The maximum Gasteiger partial charge on any atom is 0.104 e. The molecule has 0 saturated carbocycles. The zero-order valence-corrected chi connectivity index (χ0v) is 11.1. The van der Waals surface area contributed by atoms with Crippen molar-refractivity contribution in [1.82, 2.24) is 0 Å². The summed E-state index contributed by atoms with van der Waals surface area (Å²) in [7, 11) is 6.60. The van der Waals surface area contributed by atoms with Gasteiger partial charge in [-0.15, -0.1) is 24.8 Å². The van der Waals surface area contributed by atoms with Crippen molar-refractivity contribution in [3.05, 3.63) is 35.9 Å². The van der Waals surface area contributed by atoms with Gasteiger partial charge >= 0.3 is 0 Å². The van der Waals surface area contributed by atoms with Gasteiger partial charge in [-0.1, -0.05) is 30.3 Å². The molecule has 0 N–H and O–H groups in total. The number of benzene rings is 1. The summed E-state index contributed by atoms with van der Waals surface area (Å²) in [6.45, 7) is 1.10. The Morgan fingerprint density at radius 1 is 0.929 bits per heavy atom. The Morgan fingerprint density at radius 3 is 1.71 bits per heavy atom. The van der Waals surface area contributed by atoms with Gasteiger partial charge in [-0.05, 0) is 0 Å². The summed E-state index contributed by atoms with van der Waals surface area (Å²) < 4.78 is 0.990. The van der Waals surface area contributed by atoms with Gasteiger partial charge in [0.25, 0.3) is 0 Å². The van der Waals surface area contributed by atoms with Crippen molar-refractivity contribution in [2.45, 2.75) is 6.54 Å². The van der Waals surface area contributed by atoms with Crippen molar-refractivity contribution in [2.24, 2.45) is 0 Å². The van der Waals surface area contributed by atoms with Gasteiger partial charge in [0, 0.05) is 5.56 Å². The highest BCUT2D eigenvalue weighted by Crippen LogP contribution is 2.04. The lowest BCUT2D eigenvalue weighted by Crippen LogP contribution is -3.00. The Bertz CT molecular complexity index is 219. The van der Waals surface area contributed by atoms with Crippen LogP contribution in [0.3, 0.4) is 0 Å². The number of quaternary nitrogens is 1. The van der Waals surface area contributed by atoms with Crippen LogP contribution in [0.1, 0.15) is 5.56 Å². The van der Waals surface area contributed by atoms with E-state index >= 15 is 0 Å². The van der Waals surface area contributed by atoms with Crippen molar-refractivity contribution in [1.29, 1.82) is 0 Å². The van der Waals surface area contributed by atoms with Crippen molar-refractivity contribution in [2.75, 3.05) is 21.1 Å². The fraction of sp³-hybridized carbons (Fsp3) is 0.400. The molecule has 0 aliphatic heterocycles. The first-order valence-corrected chi connectivity index (χ1v) is 3.92. The monoisotopic (exact) mass is 257 g/mol. The molecule has 1 aromatic rings. The SMILES string of the molecule is C[N+](C)(C)Cc1ccccc1.Cl.Cl.[Cl-]. The average Bonchev–Trinajstić information content (AvgIpc) is 1.85. The molecule has 0 spiro atoms. The fourth-order valence-corrected chi connectivity index (χ4v) is 1.13. The van der Waals surface area contributed by atoms with E-state index in [2.05, 4.69) is 51.5 Å². The molecule has 0 fully saturated rings. The molecule has 0 radical (unpaired) electrons. The van der Waals surface area contributed by atoms with Crippen LogP contribution in [0.15, 0.2) is 30.3 Å². The number of hydrogen-bond donors (Lipinski definition) is 0. The van der Waals surface area contributed by atoms with E-state index in [0.717, 1.165) is 11.0 Å². The number of rotatable bonds is 2. The summed E-state index contributed by atoms with van der Waals surface area (Å²) in [6.07, 6.45) is 0. The molecule has 1 nitrogen and oxygen atoms in total. The highest BCUT2D eigenvalue weighted by molar-refractivity contribution is 5.85. The summed E-state index contributed by atoms with van der Waals surface area (Å²) in [4.78, 5) is 0. The van der Waals surface area contributed by atoms with Crippen LogP contribution in [0.25, 0.3) is 0 Å². The smallest absolute Gasteiger partial charge is 0.104 e. The molecule has 4 heteroatoms. The zero-order valence-electron chi connectivity index (χ0n) is 8.74. The van der Waals surface area contributed by atoms with Crippen molar-refractivity contribution in [3.63, 3.8) is 0 Å². The Morgan fingerprint density at radius 2 is 1.36 bits per heavy atom. The summed E-state index contributed by atoms with van der Waals surface area (Å²) in [6, 6.07) is 10.6. The third kappa shape index (κ3) is 8.64. The van der Waals surface area contributed by atoms with E-state index in [4.69, 9.17) is 0 Å². The van der Waals surface area contributed by atoms with Gasteiger partial charge in [0.1, 0.15) is 6.54 Å². The van der Waals surface area contributed by atoms with E-state index in [0.29, 0.717) is 0 Å². The molecule has 0 heterocycles. The van der Waals surface area contributed by atoms with E-state index in [1.807, 2.05) is 0 Å².